The highest BCUT2D eigenvalue weighted by atomic mass is 16.6. The Balaban J connectivity index is 2.52. The lowest BCUT2D eigenvalue weighted by molar-refractivity contribution is -0.383. The van der Waals surface area contributed by atoms with E-state index >= 15 is 0 Å². The van der Waals surface area contributed by atoms with Crippen LogP contribution in [0.1, 0.15) is 13.8 Å². The van der Waals surface area contributed by atoms with E-state index in [0.717, 1.165) is 0 Å². The van der Waals surface area contributed by atoms with Crippen LogP contribution < -0.4 is 11.1 Å². The molecule has 0 unspecified atom stereocenters. The lowest BCUT2D eigenvalue weighted by atomic mass is 10.2. The first kappa shape index (κ1) is 14.1. The number of ether oxygens (including phenoxy) is 1. The summed E-state index contributed by atoms with van der Waals surface area (Å²) in [7, 11) is 0. The van der Waals surface area contributed by atoms with Gasteiger partial charge in [-0.1, -0.05) is 13.8 Å². The molecule has 0 atom stereocenters. The quantitative estimate of drug-likeness (QED) is 0.425. The molecule has 0 saturated heterocycles. The maximum Gasteiger partial charge on any atom is 0.352 e. The van der Waals surface area contributed by atoms with Gasteiger partial charge in [-0.25, -0.2) is 9.97 Å². The highest BCUT2D eigenvalue weighted by Gasteiger charge is 2.20. The molecule has 1 aromatic heterocycles. The van der Waals surface area contributed by atoms with Crippen LogP contribution in [-0.2, 0) is 4.74 Å². The number of aromatic nitrogens is 2. The van der Waals surface area contributed by atoms with E-state index in [-0.39, 0.29) is 17.3 Å². The van der Waals surface area contributed by atoms with Crippen LogP contribution in [0, 0.1) is 16.0 Å². The molecule has 0 radical (unpaired) electrons. The number of hydrogen-bond acceptors (Lipinski definition) is 7. The van der Waals surface area contributed by atoms with Crippen molar-refractivity contribution in [3.8, 4) is 0 Å². The molecule has 0 saturated carbocycles. The first-order valence-electron chi connectivity index (χ1n) is 5.58. The van der Waals surface area contributed by atoms with E-state index in [2.05, 4.69) is 15.3 Å². The molecular weight excluding hydrogens is 238 g/mol. The number of anilines is 2. The zero-order chi connectivity index (χ0) is 13.5. The summed E-state index contributed by atoms with van der Waals surface area (Å²) in [6.45, 7) is 5.60. The van der Waals surface area contributed by atoms with Gasteiger partial charge in [0.25, 0.3) is 0 Å². The van der Waals surface area contributed by atoms with Crippen LogP contribution in [0.2, 0.25) is 0 Å². The minimum absolute atomic E-state index is 0.112. The number of nitrogens with one attached hydrogen (secondary N) is 1. The Hall–Kier alpha value is -1.96. The summed E-state index contributed by atoms with van der Waals surface area (Å²) in [4.78, 5) is 17.6. The topological polar surface area (TPSA) is 116 Å². The van der Waals surface area contributed by atoms with Crippen molar-refractivity contribution in [3.63, 3.8) is 0 Å². The number of nitrogen functional groups attached to an aromatic ring is 1. The van der Waals surface area contributed by atoms with Gasteiger partial charge in [-0.15, -0.1) is 0 Å². The predicted octanol–water partition coefficient (Wildman–Crippen LogP) is 1.05. The molecule has 0 aromatic carbocycles. The molecular formula is C10H17N5O3. The second kappa shape index (κ2) is 6.70. The Morgan fingerprint density at radius 1 is 1.56 bits per heavy atom. The van der Waals surface area contributed by atoms with Gasteiger partial charge in [-0.3, -0.25) is 10.1 Å². The highest BCUT2D eigenvalue weighted by molar-refractivity contribution is 5.67. The fourth-order valence-corrected chi connectivity index (χ4v) is 1.26. The van der Waals surface area contributed by atoms with Gasteiger partial charge < -0.3 is 15.8 Å². The molecule has 0 aliphatic carbocycles. The highest BCUT2D eigenvalue weighted by Crippen LogP contribution is 2.25. The number of nitrogens with zero attached hydrogens (tertiary/aromatic N) is 3. The van der Waals surface area contributed by atoms with Crippen LogP contribution in [0.4, 0.5) is 17.3 Å². The molecule has 1 aromatic rings. The van der Waals surface area contributed by atoms with Gasteiger partial charge in [-0.2, -0.15) is 0 Å². The summed E-state index contributed by atoms with van der Waals surface area (Å²) in [6, 6.07) is 0. The van der Waals surface area contributed by atoms with Crippen molar-refractivity contribution in [2.24, 2.45) is 5.92 Å². The van der Waals surface area contributed by atoms with Crippen LogP contribution in [0.3, 0.4) is 0 Å². The third kappa shape index (κ3) is 4.13. The van der Waals surface area contributed by atoms with Crippen molar-refractivity contribution < 1.29 is 9.66 Å². The fraction of sp³-hybridized carbons (Fsp3) is 0.600. The molecule has 3 N–H and O–H groups in total. The summed E-state index contributed by atoms with van der Waals surface area (Å²) in [6.07, 6.45) is 1.18. The third-order valence-electron chi connectivity index (χ3n) is 2.02. The SMILES string of the molecule is CC(C)COCCNc1ncnc(N)c1[N+](=O)[O-]. The lowest BCUT2D eigenvalue weighted by Gasteiger charge is -2.08. The molecule has 18 heavy (non-hydrogen) atoms. The molecule has 0 spiro atoms. The molecule has 0 fully saturated rings. The predicted molar refractivity (Wildman–Crippen MR) is 67.2 cm³/mol. The van der Waals surface area contributed by atoms with Gasteiger partial charge in [-0.05, 0) is 5.92 Å². The number of hydrogen-bond donors (Lipinski definition) is 2. The van der Waals surface area contributed by atoms with Gasteiger partial charge in [0, 0.05) is 13.2 Å². The summed E-state index contributed by atoms with van der Waals surface area (Å²) in [5.41, 5.74) is 5.12. The molecule has 0 amide bonds. The van der Waals surface area contributed by atoms with Crippen molar-refractivity contribution in [1.29, 1.82) is 0 Å². The van der Waals surface area contributed by atoms with E-state index in [1.807, 2.05) is 13.8 Å². The molecule has 1 rings (SSSR count). The van der Waals surface area contributed by atoms with Crippen molar-refractivity contribution in [1.82, 2.24) is 9.97 Å². The summed E-state index contributed by atoms with van der Waals surface area (Å²) >= 11 is 0. The van der Waals surface area contributed by atoms with Crippen molar-refractivity contribution in [2.45, 2.75) is 13.8 Å². The largest absolute Gasteiger partial charge is 0.379 e. The van der Waals surface area contributed by atoms with Crippen LogP contribution >= 0.6 is 0 Å². The molecule has 0 bridgehead atoms. The van der Waals surface area contributed by atoms with E-state index < -0.39 is 4.92 Å². The van der Waals surface area contributed by atoms with E-state index in [1.165, 1.54) is 6.33 Å². The fourth-order valence-electron chi connectivity index (χ4n) is 1.26. The first-order chi connectivity index (χ1) is 8.52. The second-order valence-corrected chi connectivity index (χ2v) is 4.11. The van der Waals surface area contributed by atoms with Crippen LogP contribution in [-0.4, -0.2) is 34.6 Å². The smallest absolute Gasteiger partial charge is 0.352 e. The standard InChI is InChI=1S/C10H17N5O3/c1-7(2)5-18-4-3-12-10-8(15(16)17)9(11)13-6-14-10/h6-7H,3-5H2,1-2H3,(H3,11,12,13,14). The molecule has 0 aliphatic heterocycles. The third-order valence-corrected chi connectivity index (χ3v) is 2.02. The Bertz CT molecular complexity index is 410. The molecule has 100 valence electrons. The zero-order valence-corrected chi connectivity index (χ0v) is 10.4. The molecule has 1 heterocycles. The van der Waals surface area contributed by atoms with Crippen LogP contribution in [0.25, 0.3) is 0 Å². The first-order valence-corrected chi connectivity index (χ1v) is 5.58. The number of nitrogens with two attached hydrogens (primary N) is 1. The number of nitro groups is 1. The van der Waals surface area contributed by atoms with Crippen LogP contribution in [0.15, 0.2) is 6.33 Å². The second-order valence-electron chi connectivity index (χ2n) is 4.11. The molecule has 8 heteroatoms. The zero-order valence-electron chi connectivity index (χ0n) is 10.4. The minimum Gasteiger partial charge on any atom is -0.379 e. The van der Waals surface area contributed by atoms with Crippen molar-refractivity contribution >= 4 is 17.3 Å². The van der Waals surface area contributed by atoms with Gasteiger partial charge in [0.05, 0.1) is 11.5 Å². The van der Waals surface area contributed by atoms with Gasteiger partial charge >= 0.3 is 5.69 Å². The van der Waals surface area contributed by atoms with E-state index in [4.69, 9.17) is 10.5 Å². The Morgan fingerprint density at radius 3 is 2.89 bits per heavy atom. The van der Waals surface area contributed by atoms with E-state index in [0.29, 0.717) is 25.7 Å². The van der Waals surface area contributed by atoms with Gasteiger partial charge in [0.1, 0.15) is 6.33 Å². The summed E-state index contributed by atoms with van der Waals surface area (Å²) in [5.74, 6) is 0.412. The molecule has 8 nitrogen and oxygen atoms in total. The maximum absolute atomic E-state index is 10.8. The van der Waals surface area contributed by atoms with E-state index in [1.54, 1.807) is 0 Å². The minimum atomic E-state index is -0.605. The Labute approximate surface area is 105 Å². The van der Waals surface area contributed by atoms with Crippen molar-refractivity contribution in [2.75, 3.05) is 30.8 Å². The van der Waals surface area contributed by atoms with Crippen molar-refractivity contribution in [3.05, 3.63) is 16.4 Å². The molecule has 0 aliphatic rings. The van der Waals surface area contributed by atoms with Gasteiger partial charge in [0.15, 0.2) is 0 Å². The average Bonchev–Trinajstić information content (AvgIpc) is 2.27. The van der Waals surface area contributed by atoms with E-state index in [9.17, 15) is 10.1 Å². The van der Waals surface area contributed by atoms with Gasteiger partial charge in [0.2, 0.25) is 11.6 Å². The average molecular weight is 255 g/mol. The normalized spacial score (nSPS) is 10.6. The Morgan fingerprint density at radius 2 is 2.28 bits per heavy atom. The maximum atomic E-state index is 10.8. The summed E-state index contributed by atoms with van der Waals surface area (Å²) < 4.78 is 5.34. The van der Waals surface area contributed by atoms with Crippen LogP contribution in [0.5, 0.6) is 0 Å². The lowest BCUT2D eigenvalue weighted by Crippen LogP contribution is -2.14. The monoisotopic (exact) mass is 255 g/mol. The Kier molecular flexibility index (Phi) is 5.25. The number of rotatable bonds is 7. The summed E-state index contributed by atoms with van der Waals surface area (Å²) in [5, 5.41) is 13.6.